The van der Waals surface area contributed by atoms with Gasteiger partial charge in [-0.15, -0.1) is 0 Å². The van der Waals surface area contributed by atoms with E-state index in [1.54, 1.807) is 6.26 Å². The first-order chi connectivity index (χ1) is 6.93. The SMILES string of the molecule is CC(C)C(C)(O)CN[C@H](C)c1ccco1. The summed E-state index contributed by atoms with van der Waals surface area (Å²) in [7, 11) is 0. The highest BCUT2D eigenvalue weighted by atomic mass is 16.3. The Labute approximate surface area is 91.5 Å². The predicted molar refractivity (Wildman–Crippen MR) is 60.6 cm³/mol. The van der Waals surface area contributed by atoms with E-state index in [0.29, 0.717) is 6.54 Å². The van der Waals surface area contributed by atoms with Crippen LogP contribution < -0.4 is 5.32 Å². The van der Waals surface area contributed by atoms with E-state index in [1.165, 1.54) is 0 Å². The summed E-state index contributed by atoms with van der Waals surface area (Å²) in [5, 5.41) is 13.3. The first-order valence-electron chi connectivity index (χ1n) is 5.42. The fraction of sp³-hybridized carbons (Fsp3) is 0.667. The Morgan fingerprint density at radius 2 is 2.13 bits per heavy atom. The van der Waals surface area contributed by atoms with Crippen LogP contribution >= 0.6 is 0 Å². The van der Waals surface area contributed by atoms with E-state index in [2.05, 4.69) is 5.32 Å². The Hall–Kier alpha value is -0.800. The molecule has 2 N–H and O–H groups in total. The van der Waals surface area contributed by atoms with Crippen LogP contribution in [0.4, 0.5) is 0 Å². The fourth-order valence-electron chi connectivity index (χ4n) is 1.20. The van der Waals surface area contributed by atoms with Gasteiger partial charge in [0.25, 0.3) is 0 Å². The van der Waals surface area contributed by atoms with Gasteiger partial charge in [0.15, 0.2) is 0 Å². The maximum absolute atomic E-state index is 10.0. The summed E-state index contributed by atoms with van der Waals surface area (Å²) in [6.45, 7) is 8.46. The lowest BCUT2D eigenvalue weighted by Gasteiger charge is -2.29. The Kier molecular flexibility index (Phi) is 3.94. The molecule has 3 nitrogen and oxygen atoms in total. The molecule has 86 valence electrons. The van der Waals surface area contributed by atoms with Crippen LogP contribution in [0, 0.1) is 5.92 Å². The van der Waals surface area contributed by atoms with Crippen LogP contribution in [0.3, 0.4) is 0 Å². The topological polar surface area (TPSA) is 45.4 Å². The van der Waals surface area contributed by atoms with Crippen molar-refractivity contribution in [3.8, 4) is 0 Å². The van der Waals surface area contributed by atoms with Crippen LogP contribution in [0.25, 0.3) is 0 Å². The zero-order valence-electron chi connectivity index (χ0n) is 9.95. The Bertz CT molecular complexity index is 278. The van der Waals surface area contributed by atoms with Crippen molar-refractivity contribution in [1.82, 2.24) is 5.32 Å². The van der Waals surface area contributed by atoms with Gasteiger partial charge >= 0.3 is 0 Å². The summed E-state index contributed by atoms with van der Waals surface area (Å²) in [6, 6.07) is 3.93. The molecule has 1 rings (SSSR count). The van der Waals surface area contributed by atoms with Crippen molar-refractivity contribution in [3.63, 3.8) is 0 Å². The third-order valence-corrected chi connectivity index (χ3v) is 2.98. The van der Waals surface area contributed by atoms with Crippen molar-refractivity contribution in [2.45, 2.75) is 39.3 Å². The first-order valence-corrected chi connectivity index (χ1v) is 5.42. The van der Waals surface area contributed by atoms with Crippen molar-refractivity contribution < 1.29 is 9.52 Å². The molecule has 0 aliphatic heterocycles. The molecule has 0 bridgehead atoms. The van der Waals surface area contributed by atoms with Crippen LogP contribution in [0.15, 0.2) is 22.8 Å². The van der Waals surface area contributed by atoms with Crippen molar-refractivity contribution in [2.24, 2.45) is 5.92 Å². The molecule has 0 radical (unpaired) electrons. The second-order valence-corrected chi connectivity index (χ2v) is 4.63. The molecule has 0 aliphatic carbocycles. The Balaban J connectivity index is 2.44. The average molecular weight is 211 g/mol. The number of nitrogens with one attached hydrogen (secondary N) is 1. The molecular weight excluding hydrogens is 190 g/mol. The standard InChI is InChI=1S/C12H21NO2/c1-9(2)12(4,14)8-13-10(3)11-6-5-7-15-11/h5-7,9-10,13-14H,8H2,1-4H3/t10-,12?/m1/s1. The summed E-state index contributed by atoms with van der Waals surface area (Å²) in [5.74, 6) is 1.13. The van der Waals surface area contributed by atoms with Crippen LogP contribution in [0.2, 0.25) is 0 Å². The van der Waals surface area contributed by atoms with Crippen molar-refractivity contribution >= 4 is 0 Å². The van der Waals surface area contributed by atoms with Crippen LogP contribution in [0.1, 0.15) is 39.5 Å². The predicted octanol–water partition coefficient (Wildman–Crippen LogP) is 2.34. The van der Waals surface area contributed by atoms with Gasteiger partial charge in [-0.05, 0) is 31.9 Å². The molecule has 0 fully saturated rings. The Morgan fingerprint density at radius 1 is 1.47 bits per heavy atom. The minimum absolute atomic E-state index is 0.130. The Morgan fingerprint density at radius 3 is 2.60 bits per heavy atom. The highest BCUT2D eigenvalue weighted by Gasteiger charge is 2.25. The third-order valence-electron chi connectivity index (χ3n) is 2.98. The van der Waals surface area contributed by atoms with Gasteiger partial charge in [-0.1, -0.05) is 13.8 Å². The highest BCUT2D eigenvalue weighted by molar-refractivity contribution is 5.03. The number of aliphatic hydroxyl groups is 1. The van der Waals surface area contributed by atoms with E-state index >= 15 is 0 Å². The van der Waals surface area contributed by atoms with Crippen LogP contribution in [-0.4, -0.2) is 17.3 Å². The average Bonchev–Trinajstić information content (AvgIpc) is 2.66. The number of hydrogen-bond acceptors (Lipinski definition) is 3. The molecule has 1 aromatic heterocycles. The van der Waals surface area contributed by atoms with Gasteiger partial charge in [-0.2, -0.15) is 0 Å². The lowest BCUT2D eigenvalue weighted by Crippen LogP contribution is -2.42. The summed E-state index contributed by atoms with van der Waals surface area (Å²) in [4.78, 5) is 0. The van der Waals surface area contributed by atoms with Gasteiger partial charge < -0.3 is 14.8 Å². The number of rotatable bonds is 5. The molecule has 0 aliphatic rings. The first kappa shape index (κ1) is 12.3. The largest absolute Gasteiger partial charge is 0.468 e. The van der Waals surface area contributed by atoms with Crippen LogP contribution in [-0.2, 0) is 0 Å². The summed E-state index contributed by atoms with van der Waals surface area (Å²) < 4.78 is 5.28. The molecule has 0 aromatic carbocycles. The van der Waals surface area contributed by atoms with Crippen molar-refractivity contribution in [3.05, 3.63) is 24.2 Å². The highest BCUT2D eigenvalue weighted by Crippen LogP contribution is 2.17. The third kappa shape index (κ3) is 3.36. The molecule has 3 heteroatoms. The number of hydrogen-bond donors (Lipinski definition) is 2. The molecular formula is C12H21NO2. The van der Waals surface area contributed by atoms with Gasteiger partial charge in [-0.25, -0.2) is 0 Å². The number of furan rings is 1. The van der Waals surface area contributed by atoms with Crippen molar-refractivity contribution in [1.29, 1.82) is 0 Å². The normalized spacial score (nSPS) is 17.7. The van der Waals surface area contributed by atoms with Gasteiger partial charge in [0, 0.05) is 6.54 Å². The fourth-order valence-corrected chi connectivity index (χ4v) is 1.20. The summed E-state index contributed by atoms with van der Waals surface area (Å²) in [6.07, 6.45) is 1.66. The molecule has 15 heavy (non-hydrogen) atoms. The molecule has 0 saturated carbocycles. The molecule has 1 heterocycles. The molecule has 1 aromatic rings. The van der Waals surface area contributed by atoms with E-state index in [1.807, 2.05) is 39.8 Å². The van der Waals surface area contributed by atoms with Gasteiger partial charge in [0.1, 0.15) is 5.76 Å². The second kappa shape index (κ2) is 4.81. The van der Waals surface area contributed by atoms with Crippen LogP contribution in [0.5, 0.6) is 0 Å². The maximum Gasteiger partial charge on any atom is 0.120 e. The smallest absolute Gasteiger partial charge is 0.120 e. The van der Waals surface area contributed by atoms with Gasteiger partial charge in [0.05, 0.1) is 17.9 Å². The van der Waals surface area contributed by atoms with E-state index in [4.69, 9.17) is 4.42 Å². The molecule has 1 unspecified atom stereocenters. The van der Waals surface area contributed by atoms with Crippen molar-refractivity contribution in [2.75, 3.05) is 6.54 Å². The van der Waals surface area contributed by atoms with E-state index in [-0.39, 0.29) is 12.0 Å². The molecule has 0 spiro atoms. The second-order valence-electron chi connectivity index (χ2n) is 4.63. The zero-order chi connectivity index (χ0) is 11.5. The molecule has 0 saturated heterocycles. The summed E-state index contributed by atoms with van der Waals surface area (Å²) in [5.41, 5.74) is -0.680. The zero-order valence-corrected chi connectivity index (χ0v) is 9.95. The minimum Gasteiger partial charge on any atom is -0.468 e. The maximum atomic E-state index is 10.0. The quantitative estimate of drug-likeness (QED) is 0.785. The molecule has 2 atom stereocenters. The van der Waals surface area contributed by atoms with Gasteiger partial charge in [0.2, 0.25) is 0 Å². The van der Waals surface area contributed by atoms with Gasteiger partial charge in [-0.3, -0.25) is 0 Å². The van der Waals surface area contributed by atoms with E-state index in [9.17, 15) is 5.11 Å². The molecule has 0 amide bonds. The minimum atomic E-state index is -0.680. The lowest BCUT2D eigenvalue weighted by molar-refractivity contribution is 0.0117. The lowest BCUT2D eigenvalue weighted by atomic mass is 9.92. The van der Waals surface area contributed by atoms with E-state index < -0.39 is 5.60 Å². The van der Waals surface area contributed by atoms with E-state index in [0.717, 1.165) is 5.76 Å². The summed E-state index contributed by atoms with van der Waals surface area (Å²) >= 11 is 0. The monoisotopic (exact) mass is 211 g/mol.